The van der Waals surface area contributed by atoms with Crippen molar-refractivity contribution in [1.29, 1.82) is 0 Å². The summed E-state index contributed by atoms with van der Waals surface area (Å²) < 4.78 is 5.91. The van der Waals surface area contributed by atoms with Crippen LogP contribution in [-0.4, -0.2) is 6.02 Å². The van der Waals surface area contributed by atoms with Gasteiger partial charge in [0.25, 0.3) is 6.02 Å². The fourth-order valence-electron chi connectivity index (χ4n) is 3.91. The zero-order chi connectivity index (χ0) is 18.8. The van der Waals surface area contributed by atoms with Gasteiger partial charge in [0.1, 0.15) is 6.61 Å². The van der Waals surface area contributed by atoms with Gasteiger partial charge in [-0.3, -0.25) is 0 Å². The summed E-state index contributed by atoms with van der Waals surface area (Å²) in [7, 11) is 0. The zero-order valence-electron chi connectivity index (χ0n) is 15.6. The van der Waals surface area contributed by atoms with E-state index in [0.29, 0.717) is 12.6 Å². The maximum Gasteiger partial charge on any atom is 0.290 e. The summed E-state index contributed by atoms with van der Waals surface area (Å²) in [5.74, 6) is 0. The summed E-state index contributed by atoms with van der Waals surface area (Å²) in [5, 5.41) is 3.49. The van der Waals surface area contributed by atoms with Gasteiger partial charge in [-0.15, -0.1) is 0 Å². The molecule has 2 aliphatic rings. The molecule has 1 aliphatic heterocycles. The van der Waals surface area contributed by atoms with Crippen molar-refractivity contribution in [1.82, 2.24) is 5.32 Å². The van der Waals surface area contributed by atoms with Gasteiger partial charge < -0.3 is 10.1 Å². The smallest absolute Gasteiger partial charge is 0.290 e. The molecule has 0 bridgehead atoms. The molecule has 0 fully saturated rings. The summed E-state index contributed by atoms with van der Waals surface area (Å²) in [6, 6.07) is 26.2. The molecule has 1 atom stereocenters. The number of aryl methyl sites for hydroxylation is 1. The van der Waals surface area contributed by atoms with Crippen LogP contribution in [0, 0.1) is 0 Å². The fraction of sp³-hybridized carbons (Fsp3) is 0.160. The number of fused-ring (bicyclic) bond motifs is 2. The van der Waals surface area contributed by atoms with Gasteiger partial charge in [-0.1, -0.05) is 72.8 Å². The van der Waals surface area contributed by atoms with Crippen molar-refractivity contribution < 1.29 is 4.74 Å². The van der Waals surface area contributed by atoms with Crippen molar-refractivity contribution in [3.05, 3.63) is 101 Å². The molecule has 3 aromatic rings. The predicted molar refractivity (Wildman–Crippen MR) is 114 cm³/mol. The first kappa shape index (κ1) is 16.8. The summed E-state index contributed by atoms with van der Waals surface area (Å²) in [6.07, 6.45) is 6.44. The molecule has 0 saturated carbocycles. The Morgan fingerprint density at radius 3 is 2.61 bits per heavy atom. The first-order valence-electron chi connectivity index (χ1n) is 9.77. The average molecular weight is 366 g/mol. The third-order valence-electron chi connectivity index (χ3n) is 5.39. The van der Waals surface area contributed by atoms with Gasteiger partial charge in [0.05, 0.1) is 11.7 Å². The van der Waals surface area contributed by atoms with Gasteiger partial charge in [0, 0.05) is 5.56 Å². The molecule has 3 heteroatoms. The third kappa shape index (κ3) is 3.44. The SMILES string of the molecule is C(=C\c1ccc2c(c1)COC(N[C@@H]1CCc3ccccc31)=N2)/c1ccccc1. The fourth-order valence-corrected chi connectivity index (χ4v) is 3.91. The predicted octanol–water partition coefficient (Wildman–Crippen LogP) is 5.65. The van der Waals surface area contributed by atoms with E-state index in [4.69, 9.17) is 9.73 Å². The second-order valence-corrected chi connectivity index (χ2v) is 7.27. The minimum atomic E-state index is 0.282. The molecule has 0 radical (unpaired) electrons. The Balaban J connectivity index is 1.32. The van der Waals surface area contributed by atoms with Crippen LogP contribution in [0.2, 0.25) is 0 Å². The number of nitrogens with zero attached hydrogens (tertiary/aromatic N) is 1. The van der Waals surface area contributed by atoms with E-state index >= 15 is 0 Å². The lowest BCUT2D eigenvalue weighted by Gasteiger charge is -2.21. The number of hydrogen-bond acceptors (Lipinski definition) is 3. The van der Waals surface area contributed by atoms with Crippen molar-refractivity contribution >= 4 is 23.9 Å². The van der Waals surface area contributed by atoms with Crippen LogP contribution in [0.5, 0.6) is 0 Å². The van der Waals surface area contributed by atoms with Crippen LogP contribution in [0.25, 0.3) is 12.2 Å². The van der Waals surface area contributed by atoms with Crippen molar-refractivity contribution in [2.24, 2.45) is 4.99 Å². The topological polar surface area (TPSA) is 33.6 Å². The minimum Gasteiger partial charge on any atom is -0.460 e. The molecule has 0 amide bonds. The summed E-state index contributed by atoms with van der Waals surface area (Å²) >= 11 is 0. The van der Waals surface area contributed by atoms with E-state index < -0.39 is 0 Å². The molecule has 138 valence electrons. The number of nitrogens with one attached hydrogen (secondary N) is 1. The lowest BCUT2D eigenvalue weighted by atomic mass is 10.1. The first-order chi connectivity index (χ1) is 13.8. The van der Waals surface area contributed by atoms with Crippen LogP contribution in [0.3, 0.4) is 0 Å². The number of rotatable bonds is 3. The summed E-state index contributed by atoms with van der Waals surface area (Å²) in [4.78, 5) is 4.70. The maximum atomic E-state index is 5.91. The molecule has 3 nitrogen and oxygen atoms in total. The lowest BCUT2D eigenvalue weighted by molar-refractivity contribution is 0.266. The Kier molecular flexibility index (Phi) is 4.42. The zero-order valence-corrected chi connectivity index (χ0v) is 15.6. The molecule has 1 heterocycles. The van der Waals surface area contributed by atoms with Gasteiger partial charge in [0.2, 0.25) is 0 Å². The molecular formula is C25H22N2O. The molecule has 3 aromatic carbocycles. The number of amidine groups is 1. The summed E-state index contributed by atoms with van der Waals surface area (Å²) in [6.45, 7) is 0.544. The lowest BCUT2D eigenvalue weighted by Crippen LogP contribution is -2.30. The first-order valence-corrected chi connectivity index (χ1v) is 9.77. The van der Waals surface area contributed by atoms with E-state index in [9.17, 15) is 0 Å². The van der Waals surface area contributed by atoms with E-state index in [2.05, 4.69) is 72.1 Å². The number of ether oxygens (including phenoxy) is 1. The standard InChI is InChI=1S/C25H22N2O/c1-2-6-18(7-3-1)10-11-19-12-14-23-21(16-19)17-28-25(26-23)27-24-15-13-20-8-4-5-9-22(20)24/h1-12,14,16,24H,13,15,17H2,(H,26,27)/b11-10+/t24-/m1/s1. The quantitative estimate of drug-likeness (QED) is 0.608. The molecular weight excluding hydrogens is 344 g/mol. The van der Waals surface area contributed by atoms with E-state index in [1.807, 2.05) is 18.2 Å². The Bertz CT molecular complexity index is 1050. The van der Waals surface area contributed by atoms with E-state index in [1.165, 1.54) is 16.7 Å². The Morgan fingerprint density at radius 1 is 0.857 bits per heavy atom. The van der Waals surface area contributed by atoms with Gasteiger partial charge in [0.15, 0.2) is 0 Å². The normalized spacial score (nSPS) is 17.6. The largest absolute Gasteiger partial charge is 0.460 e. The number of hydrogen-bond donors (Lipinski definition) is 1. The van der Waals surface area contributed by atoms with Crippen LogP contribution < -0.4 is 5.32 Å². The van der Waals surface area contributed by atoms with Crippen LogP contribution in [-0.2, 0) is 17.8 Å². The molecule has 0 aromatic heterocycles. The number of benzene rings is 3. The van der Waals surface area contributed by atoms with Crippen molar-refractivity contribution in [3.8, 4) is 0 Å². The van der Waals surface area contributed by atoms with Crippen LogP contribution in [0.1, 0.15) is 40.3 Å². The van der Waals surface area contributed by atoms with E-state index in [-0.39, 0.29) is 6.04 Å². The van der Waals surface area contributed by atoms with Crippen molar-refractivity contribution in [2.45, 2.75) is 25.5 Å². The highest BCUT2D eigenvalue weighted by molar-refractivity contribution is 5.81. The van der Waals surface area contributed by atoms with Crippen molar-refractivity contribution in [2.75, 3.05) is 0 Å². The maximum absolute atomic E-state index is 5.91. The monoisotopic (exact) mass is 366 g/mol. The van der Waals surface area contributed by atoms with Crippen LogP contribution >= 0.6 is 0 Å². The highest BCUT2D eigenvalue weighted by Gasteiger charge is 2.24. The molecule has 5 rings (SSSR count). The average Bonchev–Trinajstić information content (AvgIpc) is 3.16. The highest BCUT2D eigenvalue weighted by Crippen LogP contribution is 2.32. The van der Waals surface area contributed by atoms with Gasteiger partial charge in [-0.25, -0.2) is 0 Å². The van der Waals surface area contributed by atoms with Crippen LogP contribution in [0.4, 0.5) is 5.69 Å². The van der Waals surface area contributed by atoms with Gasteiger partial charge >= 0.3 is 0 Å². The molecule has 0 spiro atoms. The minimum absolute atomic E-state index is 0.282. The second-order valence-electron chi connectivity index (χ2n) is 7.27. The Labute approximate surface area is 165 Å². The highest BCUT2D eigenvalue weighted by atomic mass is 16.5. The third-order valence-corrected chi connectivity index (χ3v) is 5.39. The number of aliphatic imine (C=N–C) groups is 1. The molecule has 1 aliphatic carbocycles. The molecule has 1 N–H and O–H groups in total. The Hall–Kier alpha value is -3.33. The van der Waals surface area contributed by atoms with Gasteiger partial charge in [-0.05, 0) is 47.2 Å². The van der Waals surface area contributed by atoms with E-state index in [1.54, 1.807) is 0 Å². The summed E-state index contributed by atoms with van der Waals surface area (Å²) in [5.41, 5.74) is 7.23. The molecule has 0 unspecified atom stereocenters. The van der Waals surface area contributed by atoms with Crippen LogP contribution in [0.15, 0.2) is 77.8 Å². The van der Waals surface area contributed by atoms with Crippen molar-refractivity contribution in [3.63, 3.8) is 0 Å². The molecule has 0 saturated heterocycles. The van der Waals surface area contributed by atoms with E-state index in [0.717, 1.165) is 29.7 Å². The molecule has 28 heavy (non-hydrogen) atoms. The second kappa shape index (κ2) is 7.35. The Morgan fingerprint density at radius 2 is 1.68 bits per heavy atom. The van der Waals surface area contributed by atoms with Gasteiger partial charge in [-0.2, -0.15) is 4.99 Å².